The fourth-order valence-electron chi connectivity index (χ4n) is 2.55. The van der Waals surface area contributed by atoms with Gasteiger partial charge >= 0.3 is 5.97 Å². The van der Waals surface area contributed by atoms with Gasteiger partial charge in [-0.15, -0.1) is 0 Å². The van der Waals surface area contributed by atoms with Gasteiger partial charge in [0.25, 0.3) is 5.91 Å². The number of nitrogens with one attached hydrogen (secondary N) is 1. The van der Waals surface area contributed by atoms with E-state index in [1.807, 2.05) is 30.3 Å². The average Bonchev–Trinajstić information content (AvgIpc) is 3.21. The van der Waals surface area contributed by atoms with E-state index >= 15 is 0 Å². The van der Waals surface area contributed by atoms with E-state index in [4.69, 9.17) is 13.9 Å². The third kappa shape index (κ3) is 5.84. The maximum Gasteiger partial charge on any atom is 0.330 e. The first-order valence-electron chi connectivity index (χ1n) is 9.16. The van der Waals surface area contributed by atoms with Crippen LogP contribution in [0.4, 0.5) is 5.69 Å². The van der Waals surface area contributed by atoms with Gasteiger partial charge in [-0.25, -0.2) is 4.79 Å². The number of carbonyl (C=O) groups is 2. The van der Waals surface area contributed by atoms with Gasteiger partial charge in [-0.3, -0.25) is 4.79 Å². The third-order valence-electron chi connectivity index (χ3n) is 3.96. The molecule has 0 aliphatic rings. The second-order valence-corrected chi connectivity index (χ2v) is 6.04. The van der Waals surface area contributed by atoms with Crippen LogP contribution in [0.2, 0.25) is 0 Å². The Kier molecular flexibility index (Phi) is 6.84. The van der Waals surface area contributed by atoms with E-state index in [0.29, 0.717) is 23.6 Å². The molecule has 6 heteroatoms. The first kappa shape index (κ1) is 19.9. The van der Waals surface area contributed by atoms with E-state index < -0.39 is 5.97 Å². The minimum Gasteiger partial charge on any atom is -0.489 e. The molecule has 0 saturated heterocycles. The van der Waals surface area contributed by atoms with Crippen LogP contribution >= 0.6 is 0 Å². The van der Waals surface area contributed by atoms with Gasteiger partial charge in [-0.2, -0.15) is 0 Å². The first-order valence-corrected chi connectivity index (χ1v) is 9.16. The highest BCUT2D eigenvalue weighted by molar-refractivity contribution is 6.03. The zero-order valence-electron chi connectivity index (χ0n) is 16.0. The molecule has 0 bridgehead atoms. The molecule has 0 unspecified atom stereocenters. The summed E-state index contributed by atoms with van der Waals surface area (Å²) in [5.41, 5.74) is 2.07. The largest absolute Gasteiger partial charge is 0.489 e. The monoisotopic (exact) mass is 391 g/mol. The van der Waals surface area contributed by atoms with Gasteiger partial charge in [0.15, 0.2) is 5.76 Å². The molecule has 1 aromatic heterocycles. The van der Waals surface area contributed by atoms with Gasteiger partial charge in [0, 0.05) is 17.3 Å². The van der Waals surface area contributed by atoms with Crippen LogP contribution in [0.1, 0.15) is 28.6 Å². The number of hydrogen-bond donors (Lipinski definition) is 1. The zero-order chi connectivity index (χ0) is 20.5. The number of carbonyl (C=O) groups excluding carboxylic acids is 2. The van der Waals surface area contributed by atoms with Crippen LogP contribution in [0, 0.1) is 0 Å². The lowest BCUT2D eigenvalue weighted by molar-refractivity contribution is -0.137. The molecule has 29 heavy (non-hydrogen) atoms. The van der Waals surface area contributed by atoms with Crippen molar-refractivity contribution in [3.8, 4) is 5.75 Å². The molecule has 1 heterocycles. The van der Waals surface area contributed by atoms with E-state index in [1.54, 1.807) is 43.3 Å². The summed E-state index contributed by atoms with van der Waals surface area (Å²) in [5, 5.41) is 2.79. The van der Waals surface area contributed by atoms with Gasteiger partial charge < -0.3 is 19.2 Å². The molecule has 0 spiro atoms. The molecular weight excluding hydrogens is 370 g/mol. The molecule has 0 fully saturated rings. The second kappa shape index (κ2) is 9.94. The maximum atomic E-state index is 12.5. The fraction of sp³-hybridized carbons (Fsp3) is 0.130. The molecule has 1 N–H and O–H groups in total. The predicted molar refractivity (Wildman–Crippen MR) is 110 cm³/mol. The van der Waals surface area contributed by atoms with E-state index in [2.05, 4.69) is 5.32 Å². The number of hydrogen-bond acceptors (Lipinski definition) is 5. The molecule has 148 valence electrons. The van der Waals surface area contributed by atoms with Crippen LogP contribution < -0.4 is 10.1 Å². The van der Waals surface area contributed by atoms with E-state index in [0.717, 1.165) is 5.56 Å². The highest BCUT2D eigenvalue weighted by Gasteiger charge is 2.16. The Morgan fingerprint density at radius 1 is 1.03 bits per heavy atom. The Morgan fingerprint density at radius 3 is 2.52 bits per heavy atom. The van der Waals surface area contributed by atoms with Crippen molar-refractivity contribution in [1.29, 1.82) is 0 Å². The van der Waals surface area contributed by atoms with Crippen molar-refractivity contribution in [2.45, 2.75) is 13.5 Å². The highest BCUT2D eigenvalue weighted by atomic mass is 16.5. The minimum atomic E-state index is -0.395. The van der Waals surface area contributed by atoms with Crippen molar-refractivity contribution in [1.82, 2.24) is 0 Å². The van der Waals surface area contributed by atoms with Gasteiger partial charge in [-0.1, -0.05) is 30.3 Å². The summed E-state index contributed by atoms with van der Waals surface area (Å²) in [6.45, 7) is 2.31. The number of furan rings is 1. The van der Waals surface area contributed by atoms with E-state index in [9.17, 15) is 9.59 Å². The Morgan fingerprint density at radius 2 is 1.79 bits per heavy atom. The molecule has 0 aliphatic carbocycles. The summed E-state index contributed by atoms with van der Waals surface area (Å²) in [6, 6.07) is 18.1. The van der Waals surface area contributed by atoms with Crippen LogP contribution in [0.5, 0.6) is 5.75 Å². The summed E-state index contributed by atoms with van der Waals surface area (Å²) in [4.78, 5) is 23.9. The number of esters is 1. The number of benzene rings is 2. The summed E-state index contributed by atoms with van der Waals surface area (Å²) in [5.74, 6) is 0.156. The molecule has 3 rings (SSSR count). The van der Waals surface area contributed by atoms with Crippen LogP contribution in [0.25, 0.3) is 6.08 Å². The van der Waals surface area contributed by atoms with Gasteiger partial charge in [0.2, 0.25) is 0 Å². The zero-order valence-corrected chi connectivity index (χ0v) is 16.0. The summed E-state index contributed by atoms with van der Waals surface area (Å²) in [7, 11) is 0. The van der Waals surface area contributed by atoms with Crippen molar-refractivity contribution in [2.24, 2.45) is 0 Å². The van der Waals surface area contributed by atoms with Gasteiger partial charge in [-0.05, 0) is 48.9 Å². The van der Waals surface area contributed by atoms with Crippen molar-refractivity contribution in [3.05, 3.63) is 89.9 Å². The van der Waals surface area contributed by atoms with Crippen molar-refractivity contribution in [2.75, 3.05) is 11.9 Å². The topological polar surface area (TPSA) is 77.8 Å². The summed E-state index contributed by atoms with van der Waals surface area (Å²) >= 11 is 0. The Labute approximate surface area is 168 Å². The standard InChI is InChI=1S/C23H21NO5/c1-2-27-21(25)13-10-17-8-11-19(12-9-17)24-23(26)22-18(14-15-28-22)16-29-20-6-4-3-5-7-20/h3-15H,2,16H2,1H3,(H,24,26)/b13-10+. The maximum absolute atomic E-state index is 12.5. The van der Waals surface area contributed by atoms with E-state index in [1.165, 1.54) is 12.3 Å². The molecule has 2 aromatic carbocycles. The van der Waals surface area contributed by atoms with Gasteiger partial charge in [0.05, 0.1) is 12.9 Å². The molecule has 6 nitrogen and oxygen atoms in total. The third-order valence-corrected chi connectivity index (χ3v) is 3.96. The number of ether oxygens (including phenoxy) is 2. The van der Waals surface area contributed by atoms with Crippen molar-refractivity contribution >= 4 is 23.6 Å². The van der Waals surface area contributed by atoms with Gasteiger partial charge in [0.1, 0.15) is 12.4 Å². The van der Waals surface area contributed by atoms with Crippen LogP contribution in [-0.4, -0.2) is 18.5 Å². The second-order valence-electron chi connectivity index (χ2n) is 6.04. The molecule has 0 atom stereocenters. The number of para-hydroxylation sites is 1. The average molecular weight is 391 g/mol. The molecule has 0 radical (unpaired) electrons. The number of amides is 1. The highest BCUT2D eigenvalue weighted by Crippen LogP contribution is 2.18. The molecule has 0 saturated carbocycles. The fourth-order valence-corrected chi connectivity index (χ4v) is 2.55. The predicted octanol–water partition coefficient (Wildman–Crippen LogP) is 4.69. The van der Waals surface area contributed by atoms with Crippen LogP contribution in [-0.2, 0) is 16.1 Å². The number of anilines is 1. The van der Waals surface area contributed by atoms with E-state index in [-0.39, 0.29) is 18.3 Å². The molecular formula is C23H21NO5. The first-order chi connectivity index (χ1) is 14.2. The Balaban J connectivity index is 1.59. The minimum absolute atomic E-state index is 0.201. The van der Waals surface area contributed by atoms with Crippen LogP contribution in [0.15, 0.2) is 77.4 Å². The van der Waals surface area contributed by atoms with Crippen molar-refractivity contribution in [3.63, 3.8) is 0 Å². The number of rotatable bonds is 8. The quantitative estimate of drug-likeness (QED) is 0.445. The molecule has 0 aliphatic heterocycles. The lowest BCUT2D eigenvalue weighted by atomic mass is 10.2. The normalized spacial score (nSPS) is 10.7. The lowest BCUT2D eigenvalue weighted by Gasteiger charge is -2.07. The Bertz CT molecular complexity index is 974. The lowest BCUT2D eigenvalue weighted by Crippen LogP contribution is -2.13. The van der Waals surface area contributed by atoms with Crippen LogP contribution in [0.3, 0.4) is 0 Å². The Hall–Kier alpha value is -3.80. The van der Waals surface area contributed by atoms with Crippen molar-refractivity contribution < 1.29 is 23.5 Å². The molecule has 1 amide bonds. The molecule has 3 aromatic rings. The summed E-state index contributed by atoms with van der Waals surface area (Å²) < 4.78 is 15.9. The smallest absolute Gasteiger partial charge is 0.330 e. The SMILES string of the molecule is CCOC(=O)/C=C/c1ccc(NC(=O)c2occc2COc2ccccc2)cc1. The summed E-state index contributed by atoms with van der Waals surface area (Å²) in [6.07, 6.45) is 4.47.